The summed E-state index contributed by atoms with van der Waals surface area (Å²) >= 11 is 1.81. The van der Waals surface area contributed by atoms with E-state index >= 15 is 0 Å². The van der Waals surface area contributed by atoms with Gasteiger partial charge in [-0.1, -0.05) is 6.07 Å². The molecule has 2 aliphatic rings. The molecule has 3 heterocycles. The van der Waals surface area contributed by atoms with Crippen LogP contribution in [-0.4, -0.2) is 83.7 Å². The van der Waals surface area contributed by atoms with Crippen LogP contribution in [0.4, 0.5) is 0 Å². The lowest BCUT2D eigenvalue weighted by atomic mass is 10.1. The maximum atomic E-state index is 5.76. The van der Waals surface area contributed by atoms with Gasteiger partial charge in [0.25, 0.3) is 0 Å². The van der Waals surface area contributed by atoms with Gasteiger partial charge in [-0.25, -0.2) is 0 Å². The van der Waals surface area contributed by atoms with E-state index in [1.807, 2.05) is 18.4 Å². The molecule has 8 heteroatoms. The molecule has 0 aromatic carbocycles. The highest BCUT2D eigenvalue weighted by Gasteiger charge is 2.23. The number of morpholine rings is 1. The zero-order chi connectivity index (χ0) is 19.4. The summed E-state index contributed by atoms with van der Waals surface area (Å²) in [6.45, 7) is 8.56. The number of rotatable bonds is 10. The van der Waals surface area contributed by atoms with Crippen molar-refractivity contribution in [3.8, 4) is 0 Å². The Morgan fingerprint density at radius 1 is 1.32 bits per heavy atom. The van der Waals surface area contributed by atoms with E-state index in [0.717, 1.165) is 84.6 Å². The van der Waals surface area contributed by atoms with Crippen LogP contribution in [0.2, 0.25) is 0 Å². The molecule has 0 radical (unpaired) electrons. The Bertz CT molecular complexity index is 558. The second-order valence-corrected chi connectivity index (χ2v) is 8.20. The number of aliphatic imine (C=N–C) groups is 1. The number of hydrogen-bond acceptors (Lipinski definition) is 6. The molecular weight excluding hydrogens is 376 g/mol. The highest BCUT2D eigenvalue weighted by atomic mass is 32.1. The molecular formula is C20H34N4O3S. The minimum atomic E-state index is 0.347. The fourth-order valence-corrected chi connectivity index (χ4v) is 4.40. The Kier molecular flexibility index (Phi) is 9.52. The number of guanidine groups is 1. The van der Waals surface area contributed by atoms with E-state index < -0.39 is 0 Å². The van der Waals surface area contributed by atoms with Crippen molar-refractivity contribution >= 4 is 17.3 Å². The van der Waals surface area contributed by atoms with Crippen LogP contribution in [-0.2, 0) is 14.2 Å². The van der Waals surface area contributed by atoms with Gasteiger partial charge in [-0.05, 0) is 24.3 Å². The standard InChI is InChI=1S/C20H34N4O3S/c1-21-20(22-6-3-9-26-15-17-5-10-27-16-17)23-14-18(19-4-2-13-28-19)24-7-11-25-12-8-24/h2,4,13,17-18H,3,5-12,14-16H2,1H3,(H2,21,22,23). The second kappa shape index (κ2) is 12.4. The molecule has 28 heavy (non-hydrogen) atoms. The van der Waals surface area contributed by atoms with Gasteiger partial charge in [0.1, 0.15) is 0 Å². The molecule has 2 unspecified atom stereocenters. The van der Waals surface area contributed by atoms with Crippen molar-refractivity contribution in [1.82, 2.24) is 15.5 Å². The van der Waals surface area contributed by atoms with Gasteiger partial charge in [-0.3, -0.25) is 9.89 Å². The molecule has 0 bridgehead atoms. The predicted octanol–water partition coefficient (Wildman–Crippen LogP) is 1.73. The van der Waals surface area contributed by atoms with Crippen LogP contribution in [0.25, 0.3) is 0 Å². The molecule has 0 saturated carbocycles. The molecule has 7 nitrogen and oxygen atoms in total. The Hall–Kier alpha value is -1.19. The molecule has 2 fully saturated rings. The molecule has 2 saturated heterocycles. The van der Waals surface area contributed by atoms with E-state index in [1.165, 1.54) is 4.88 Å². The molecule has 1 aromatic heterocycles. The summed E-state index contributed by atoms with van der Waals surface area (Å²) in [5.74, 6) is 1.43. The summed E-state index contributed by atoms with van der Waals surface area (Å²) in [5.41, 5.74) is 0. The van der Waals surface area contributed by atoms with E-state index in [0.29, 0.717) is 12.0 Å². The Labute approximate surface area is 172 Å². The van der Waals surface area contributed by atoms with Crippen molar-refractivity contribution in [2.45, 2.75) is 18.9 Å². The zero-order valence-electron chi connectivity index (χ0n) is 16.9. The topological polar surface area (TPSA) is 67.4 Å². The summed E-state index contributed by atoms with van der Waals surface area (Å²) < 4.78 is 16.7. The average Bonchev–Trinajstić information content (AvgIpc) is 3.44. The van der Waals surface area contributed by atoms with Gasteiger partial charge in [0.15, 0.2) is 5.96 Å². The highest BCUT2D eigenvalue weighted by Crippen LogP contribution is 2.25. The Morgan fingerprint density at radius 3 is 2.93 bits per heavy atom. The first kappa shape index (κ1) is 21.5. The quantitative estimate of drug-likeness (QED) is 0.348. The Balaban J connectivity index is 1.35. The molecule has 2 N–H and O–H groups in total. The second-order valence-electron chi connectivity index (χ2n) is 7.22. The van der Waals surface area contributed by atoms with E-state index in [2.05, 4.69) is 38.0 Å². The average molecular weight is 411 g/mol. The predicted molar refractivity (Wildman–Crippen MR) is 113 cm³/mol. The molecule has 0 spiro atoms. The summed E-state index contributed by atoms with van der Waals surface area (Å²) in [6.07, 6.45) is 2.09. The zero-order valence-corrected chi connectivity index (χ0v) is 17.7. The van der Waals surface area contributed by atoms with Crippen molar-refractivity contribution in [3.63, 3.8) is 0 Å². The van der Waals surface area contributed by atoms with Crippen LogP contribution < -0.4 is 10.6 Å². The van der Waals surface area contributed by atoms with Crippen molar-refractivity contribution in [2.24, 2.45) is 10.9 Å². The van der Waals surface area contributed by atoms with Crippen LogP contribution in [0.1, 0.15) is 23.8 Å². The van der Waals surface area contributed by atoms with E-state index in [9.17, 15) is 0 Å². The van der Waals surface area contributed by atoms with Gasteiger partial charge in [0.2, 0.25) is 0 Å². The lowest BCUT2D eigenvalue weighted by Gasteiger charge is -2.34. The fourth-order valence-electron chi connectivity index (χ4n) is 3.54. The number of thiophene rings is 1. The van der Waals surface area contributed by atoms with Crippen molar-refractivity contribution in [1.29, 1.82) is 0 Å². The smallest absolute Gasteiger partial charge is 0.191 e. The van der Waals surface area contributed by atoms with Gasteiger partial charge in [-0.2, -0.15) is 0 Å². The van der Waals surface area contributed by atoms with Gasteiger partial charge >= 0.3 is 0 Å². The minimum absolute atomic E-state index is 0.347. The van der Waals surface area contributed by atoms with Gasteiger partial charge in [0, 0.05) is 57.2 Å². The first-order valence-corrected chi connectivity index (χ1v) is 11.2. The molecule has 1 aromatic rings. The molecule has 2 atom stereocenters. The first-order chi connectivity index (χ1) is 13.9. The van der Waals surface area contributed by atoms with Crippen molar-refractivity contribution in [3.05, 3.63) is 22.4 Å². The van der Waals surface area contributed by atoms with Crippen LogP contribution in [0.5, 0.6) is 0 Å². The van der Waals surface area contributed by atoms with Gasteiger partial charge in [0.05, 0.1) is 32.5 Å². The summed E-state index contributed by atoms with van der Waals surface area (Å²) in [4.78, 5) is 8.24. The number of ether oxygens (including phenoxy) is 3. The minimum Gasteiger partial charge on any atom is -0.381 e. The third-order valence-electron chi connectivity index (χ3n) is 5.18. The molecule has 2 aliphatic heterocycles. The third kappa shape index (κ3) is 7.00. The first-order valence-electron chi connectivity index (χ1n) is 10.3. The van der Waals surface area contributed by atoms with Crippen LogP contribution >= 0.6 is 11.3 Å². The van der Waals surface area contributed by atoms with E-state index in [1.54, 1.807) is 0 Å². The monoisotopic (exact) mass is 410 g/mol. The SMILES string of the molecule is CN=C(NCCCOCC1CCOC1)NCC(c1cccs1)N1CCOCC1. The molecule has 0 aliphatic carbocycles. The molecule has 0 amide bonds. The van der Waals surface area contributed by atoms with Crippen LogP contribution in [0.3, 0.4) is 0 Å². The Morgan fingerprint density at radius 2 is 2.21 bits per heavy atom. The number of nitrogens with zero attached hydrogens (tertiary/aromatic N) is 2. The largest absolute Gasteiger partial charge is 0.381 e. The number of nitrogens with one attached hydrogen (secondary N) is 2. The van der Waals surface area contributed by atoms with Gasteiger partial charge in [-0.15, -0.1) is 11.3 Å². The fraction of sp³-hybridized carbons (Fsp3) is 0.750. The molecule has 3 rings (SSSR count). The van der Waals surface area contributed by atoms with Crippen LogP contribution in [0.15, 0.2) is 22.5 Å². The number of hydrogen-bond donors (Lipinski definition) is 2. The highest BCUT2D eigenvalue weighted by molar-refractivity contribution is 7.10. The van der Waals surface area contributed by atoms with Gasteiger partial charge < -0.3 is 24.8 Å². The molecule has 158 valence electrons. The van der Waals surface area contributed by atoms with E-state index in [-0.39, 0.29) is 0 Å². The van der Waals surface area contributed by atoms with Crippen molar-refractivity contribution < 1.29 is 14.2 Å². The van der Waals surface area contributed by atoms with E-state index in [4.69, 9.17) is 14.2 Å². The summed E-state index contributed by atoms with van der Waals surface area (Å²) in [6, 6.07) is 4.69. The van der Waals surface area contributed by atoms with Crippen molar-refractivity contribution in [2.75, 3.05) is 72.9 Å². The summed E-state index contributed by atoms with van der Waals surface area (Å²) in [5, 5.41) is 9.04. The maximum absolute atomic E-state index is 5.76. The lowest BCUT2D eigenvalue weighted by molar-refractivity contribution is 0.0177. The normalized spacial score (nSPS) is 22.3. The van der Waals surface area contributed by atoms with Crippen LogP contribution in [0, 0.1) is 5.92 Å². The summed E-state index contributed by atoms with van der Waals surface area (Å²) in [7, 11) is 1.82. The maximum Gasteiger partial charge on any atom is 0.191 e. The third-order valence-corrected chi connectivity index (χ3v) is 6.15. The lowest BCUT2D eigenvalue weighted by Crippen LogP contribution is -2.46.